The van der Waals surface area contributed by atoms with E-state index in [-0.39, 0.29) is 83.0 Å². The van der Waals surface area contributed by atoms with Crippen LogP contribution in [0, 0.1) is 0 Å². The molecule has 8 aromatic heterocycles. The molecule has 5 aliphatic carbocycles. The summed E-state index contributed by atoms with van der Waals surface area (Å²) in [6.45, 7) is 1.77. The molecule has 61 heteroatoms. The maximum absolute atomic E-state index is 11.8. The van der Waals surface area contributed by atoms with E-state index in [4.69, 9.17) is 0 Å². The van der Waals surface area contributed by atoms with Gasteiger partial charge in [0, 0.05) is 146 Å². The van der Waals surface area contributed by atoms with Crippen molar-refractivity contribution in [3.05, 3.63) is 132 Å². The number of carbonyl (C=O) groups is 8. The van der Waals surface area contributed by atoms with Gasteiger partial charge in [0.1, 0.15) is 0 Å². The van der Waals surface area contributed by atoms with Gasteiger partial charge in [-0.2, -0.15) is 74.9 Å². The molecule has 1 atom stereocenters. The van der Waals surface area contributed by atoms with E-state index in [1.807, 2.05) is 7.05 Å². The van der Waals surface area contributed by atoms with E-state index in [0.29, 0.717) is 17.3 Å². The highest BCUT2D eigenvalue weighted by Crippen LogP contribution is 2.33. The van der Waals surface area contributed by atoms with E-state index < -0.39 is 79.5 Å². The second-order valence-corrected chi connectivity index (χ2v) is 32.5. The summed E-state index contributed by atoms with van der Waals surface area (Å²) >= 11 is 0. The Balaban J connectivity index is 0.000000185. The number of rotatable bonds is 26. The maximum Gasteiger partial charge on any atom is 0.368 e. The van der Waals surface area contributed by atoms with Gasteiger partial charge in [0.15, 0.2) is 0 Å². The van der Waals surface area contributed by atoms with Crippen molar-refractivity contribution in [2.24, 2.45) is 0 Å². The zero-order valence-electron chi connectivity index (χ0n) is 72.3. The fraction of sp³-hybridized carbons (Fsp3) is 0.529. The molecule has 0 spiro atoms. The third-order valence-electron chi connectivity index (χ3n) is 19.4. The minimum atomic E-state index is -2.04. The van der Waals surface area contributed by atoms with E-state index >= 15 is 0 Å². The number of hydrogen-bond donors (Lipinski definition) is 0. The van der Waals surface area contributed by atoms with Crippen LogP contribution < -0.4 is 45.5 Å². The van der Waals surface area contributed by atoms with Gasteiger partial charge >= 0.3 is 93.3 Å². The van der Waals surface area contributed by atoms with Crippen LogP contribution in [-0.2, 0) is 103 Å². The summed E-state index contributed by atoms with van der Waals surface area (Å²) in [5.74, 6) is 0.0851. The number of carbonyl (C=O) groups excluding carboxylic acids is 8. The summed E-state index contributed by atoms with van der Waals surface area (Å²) in [5, 5.41) is 58.7. The summed E-state index contributed by atoms with van der Waals surface area (Å²) in [6, 6.07) is 0.648. The van der Waals surface area contributed by atoms with Crippen LogP contribution in [0.3, 0.4) is 0 Å². The van der Waals surface area contributed by atoms with Crippen molar-refractivity contribution in [1.29, 1.82) is 0 Å². The zero-order valence-corrected chi connectivity index (χ0v) is 74.0. The highest BCUT2D eigenvalue weighted by Gasteiger charge is 2.34. The summed E-state index contributed by atoms with van der Waals surface area (Å²) < 4.78 is 75.6. The van der Waals surface area contributed by atoms with Gasteiger partial charge in [-0.25, -0.2) is 76.7 Å². The molecular weight excluding hydrogens is 1780 g/mol. The molecule has 0 radical (unpaired) electrons. The average molecular weight is 1880 g/mol. The fourth-order valence-corrected chi connectivity index (χ4v) is 12.9. The van der Waals surface area contributed by atoms with E-state index in [0.717, 1.165) is 211 Å². The van der Waals surface area contributed by atoms with Gasteiger partial charge in [-0.15, -0.1) is 0 Å². The Morgan fingerprint density at radius 2 is 0.504 bits per heavy atom. The number of likely N-dealkylation sites (tertiary alicyclic amines) is 1. The van der Waals surface area contributed by atoms with Gasteiger partial charge in [0.25, 0.3) is 0 Å². The van der Waals surface area contributed by atoms with Gasteiger partial charge in [-0.1, -0.05) is 0 Å². The molecule has 5 saturated carbocycles. The minimum absolute atomic E-state index is 0.0628. The molecule has 15 rings (SSSR count). The third kappa shape index (κ3) is 29.4. The first kappa shape index (κ1) is 101. The zero-order chi connectivity index (χ0) is 95.6. The molecule has 2 saturated heterocycles. The Morgan fingerprint density at radius 1 is 0.313 bits per heavy atom. The number of nitrogens with zero attached hydrogens (tertiary/aromatic N) is 33. The Kier molecular flexibility index (Phi) is 38.0. The minimum Gasteiger partial charge on any atom is -0.466 e. The lowest BCUT2D eigenvalue weighted by Gasteiger charge is -2.34. The molecule has 8 aromatic rings. The molecule has 131 heavy (non-hydrogen) atoms. The van der Waals surface area contributed by atoms with Crippen LogP contribution in [0.4, 0.5) is 0 Å². The lowest BCUT2D eigenvalue weighted by Crippen LogP contribution is -2.48. The van der Waals surface area contributed by atoms with Gasteiger partial charge in [-0.3, -0.25) is 8.42 Å². The summed E-state index contributed by atoms with van der Waals surface area (Å²) in [5.41, 5.74) is -3.00. The molecule has 10 heterocycles. The van der Waals surface area contributed by atoms with Crippen molar-refractivity contribution in [3.8, 4) is 0 Å². The molecule has 7 fully saturated rings. The number of esters is 8. The van der Waals surface area contributed by atoms with Crippen LogP contribution in [0.5, 0.6) is 0 Å². The molecule has 0 amide bonds. The summed E-state index contributed by atoms with van der Waals surface area (Å²) in [6.07, 6.45) is 34.2. The first-order valence-corrected chi connectivity index (χ1v) is 43.2. The van der Waals surface area contributed by atoms with Gasteiger partial charge < -0.3 is 42.8 Å². The van der Waals surface area contributed by atoms with Gasteiger partial charge in [-0.05, 0) is 196 Å². The molecular formula is C70H95N33O26S2. The molecule has 0 N–H and O–H groups in total. The number of ether oxygens (including phenoxy) is 8. The Hall–Kier alpha value is -15.2. The van der Waals surface area contributed by atoms with Crippen LogP contribution in [0.2, 0.25) is 0 Å². The van der Waals surface area contributed by atoms with Crippen molar-refractivity contribution in [3.63, 3.8) is 0 Å². The van der Waals surface area contributed by atoms with Gasteiger partial charge in [0.05, 0.1) is 106 Å². The number of hydrogen-bond acceptors (Lipinski definition) is 43. The summed E-state index contributed by atoms with van der Waals surface area (Å²) in [4.78, 5) is 182. The SMILES string of the molecule is C=S1(=O)CC(n2nnn(/C=C\C(=O)OC)c2=O)C1.COC(=O)/C=C\n1nnn(C2CC2)c1=O.COC(=O)/C=C\n1nnn(C2CCC2)c1=O.COC(=O)/C=C\n1nnn(C2CCC2)c1=O.COC(=O)/C=C\n1nnn(C2CCC2)c1=O.COC(=O)/C=C\n1nnn(C2CCC2)c1=O.COC(=O)/C=C\n1nnn(C2CN(C)C2)c1=O.COC(=O)/C=C\n1nnn(CCS(C)=O)c1=O. The largest absolute Gasteiger partial charge is 0.466 e. The third-order valence-corrected chi connectivity index (χ3v) is 22.1. The quantitative estimate of drug-likeness (QED) is 0.0211. The van der Waals surface area contributed by atoms with Crippen molar-refractivity contribution >= 4 is 124 Å². The fourth-order valence-electron chi connectivity index (χ4n) is 10.9. The monoisotopic (exact) mass is 1880 g/mol. The van der Waals surface area contributed by atoms with E-state index in [1.54, 1.807) is 0 Å². The van der Waals surface area contributed by atoms with Crippen LogP contribution in [-0.4, -0.2) is 326 Å². The first-order valence-electron chi connectivity index (χ1n) is 39.4. The topological polar surface area (TPSA) is 669 Å². The van der Waals surface area contributed by atoms with E-state index in [9.17, 15) is 85.1 Å². The summed E-state index contributed by atoms with van der Waals surface area (Å²) in [7, 11) is 8.94. The average Bonchev–Trinajstić information content (AvgIpc) is 1.71. The molecule has 2 aliphatic heterocycles. The molecule has 0 aromatic carbocycles. The van der Waals surface area contributed by atoms with Crippen molar-refractivity contribution in [1.82, 2.24) is 163 Å². The highest BCUT2D eigenvalue weighted by molar-refractivity contribution is 8.01. The van der Waals surface area contributed by atoms with Crippen LogP contribution >= 0.6 is 0 Å². The number of methoxy groups -OCH3 is 8. The van der Waals surface area contributed by atoms with Crippen LogP contribution in [0.15, 0.2) is 87.0 Å². The highest BCUT2D eigenvalue weighted by atomic mass is 32.2. The lowest BCUT2D eigenvalue weighted by molar-refractivity contribution is -0.135. The smallest absolute Gasteiger partial charge is 0.368 e. The van der Waals surface area contributed by atoms with Crippen molar-refractivity contribution < 1.29 is 84.7 Å². The first-order chi connectivity index (χ1) is 62.7. The molecule has 59 nitrogen and oxygen atoms in total. The predicted molar refractivity (Wildman–Crippen MR) is 452 cm³/mol. The van der Waals surface area contributed by atoms with E-state index in [2.05, 4.69) is 132 Å². The lowest BCUT2D eigenvalue weighted by atomic mass is 9.93. The number of aromatic nitrogens is 32. The van der Waals surface area contributed by atoms with Crippen LogP contribution in [0.1, 0.15) is 132 Å². The Bertz CT molecular complexity index is 5840. The normalized spacial score (nSPS) is 17.4. The number of likely N-dealkylation sites (N-methyl/N-ethyl adjacent to an activating group) is 1. The molecule has 708 valence electrons. The Morgan fingerprint density at radius 3 is 0.679 bits per heavy atom. The Labute approximate surface area is 740 Å². The maximum atomic E-state index is 11.8. The number of tetrazole rings is 8. The van der Waals surface area contributed by atoms with Crippen LogP contribution in [0.25, 0.3) is 49.6 Å². The molecule has 7 aliphatic rings. The predicted octanol–water partition coefficient (Wildman–Crippen LogP) is -5.96. The van der Waals surface area contributed by atoms with E-state index in [1.165, 1.54) is 128 Å². The van der Waals surface area contributed by atoms with Crippen molar-refractivity contribution in [2.45, 2.75) is 139 Å². The standard InChI is InChI=1S/C9H13N5O3.C9H12N4O4S.4C9H12N4O3.C8H12N4O4S.C8H10N4O3/c1-12-5-7(6-12)14-9(16)13(10-11-14)4-3-8(15)17-2;1-17-8(14)3-4-12-9(15)13(11-10-12)7-5-18(2,16)6-7;4*1-16-8(14)5-6-12-9(15)13(11-10-12)7-3-2-4-7;1-16-7(13)3-4-11-8(14)12(10-9-11)5-6-17(2)15;1-15-7(13)4-5-11-8(14)12(10-9-11)6-2-3-6/h3-4,7H,5-6H2,1-2H3;3-4,7H,2,5-6H2,1H3;4*5-7H,2-4H2,1H3;3-4H,5-6H2,1-2H3;4-6H,2-3H2,1H3/b2*4-3-;4*6-5-;4-3-;5-4-. The van der Waals surface area contributed by atoms with Gasteiger partial charge in [0.2, 0.25) is 0 Å². The second kappa shape index (κ2) is 49.2. The number of aryl methyl sites for hydroxylation is 1. The second-order valence-electron chi connectivity index (χ2n) is 28.4. The molecule has 1 unspecified atom stereocenters. The van der Waals surface area contributed by atoms with Crippen molar-refractivity contribution in [2.75, 3.05) is 101 Å². The molecule has 0 bridgehead atoms.